The Bertz CT molecular complexity index is 1560. The number of unbranched alkanes of at least 4 members (excludes halogenated alkanes) is 1. The highest BCUT2D eigenvalue weighted by Crippen LogP contribution is 2.50. The van der Waals surface area contributed by atoms with Crippen molar-refractivity contribution in [2.75, 3.05) is 38.6 Å². The molecule has 1 aliphatic carbocycles. The molecular weight excluding hydrogens is 625 g/mol. The molecule has 1 saturated carbocycles. The summed E-state index contributed by atoms with van der Waals surface area (Å²) in [5, 5.41) is 0. The minimum absolute atomic E-state index is 0.0198. The van der Waals surface area contributed by atoms with Gasteiger partial charge in [-0.25, -0.2) is 13.2 Å². The van der Waals surface area contributed by atoms with E-state index in [0.717, 1.165) is 31.6 Å². The van der Waals surface area contributed by atoms with Gasteiger partial charge in [-0.3, -0.25) is 4.90 Å². The third kappa shape index (κ3) is 9.39. The van der Waals surface area contributed by atoms with Gasteiger partial charge in [0, 0.05) is 38.6 Å². The molecule has 0 radical (unpaired) electrons. The Morgan fingerprint density at radius 2 is 1.54 bits per heavy atom. The Hall–Kier alpha value is -3.40. The number of hydrogen-bond acceptors (Lipinski definition) is 7. The van der Waals surface area contributed by atoms with Crippen LogP contribution in [-0.2, 0) is 37.9 Å². The van der Waals surface area contributed by atoms with Gasteiger partial charge in [0.05, 0.1) is 12.4 Å². The van der Waals surface area contributed by atoms with E-state index < -0.39 is 22.1 Å². The molecule has 1 saturated heterocycles. The summed E-state index contributed by atoms with van der Waals surface area (Å²) in [5.41, 5.74) is 3.40. The van der Waals surface area contributed by atoms with Gasteiger partial charge in [0.1, 0.15) is 18.1 Å². The van der Waals surface area contributed by atoms with E-state index in [0.29, 0.717) is 42.7 Å². The molecule has 0 N–H and O–H groups in total. The Kier molecular flexibility index (Phi) is 11.9. The number of sulfonamides is 1. The van der Waals surface area contributed by atoms with Crippen molar-refractivity contribution in [1.82, 2.24) is 9.21 Å². The average Bonchev–Trinajstić information content (AvgIpc) is 3.53. The summed E-state index contributed by atoms with van der Waals surface area (Å²) in [4.78, 5) is 15.2. The van der Waals surface area contributed by atoms with Crippen LogP contribution in [0.2, 0.25) is 0 Å². The van der Waals surface area contributed by atoms with Crippen LogP contribution in [0, 0.1) is 11.8 Å². The number of ether oxygens (including phenoxy) is 3. The number of carbonyl (C=O) groups is 1. The number of piperidine rings is 1. The predicted molar refractivity (Wildman–Crippen MR) is 190 cm³/mol. The largest absolute Gasteiger partial charge is 0.492 e. The SMILES string of the molecule is CCCCS(=O)(=O)N(CCOc1ccc(C[C@H](Oc2ccc(C(C)(C)C)cc2)C(=O)OCC)cc1)C1[C@H]2CN(Cc3ccccc3)C[C@@H]12. The first-order valence-electron chi connectivity index (χ1n) is 17.4. The second-order valence-corrected chi connectivity index (χ2v) is 16.1. The summed E-state index contributed by atoms with van der Waals surface area (Å²) in [6.07, 6.45) is 1.04. The molecule has 5 rings (SSSR count). The smallest absolute Gasteiger partial charge is 0.347 e. The fraction of sp³-hybridized carbons (Fsp3) is 0.513. The molecule has 8 nitrogen and oxygen atoms in total. The first-order chi connectivity index (χ1) is 23.0. The van der Waals surface area contributed by atoms with E-state index in [-0.39, 0.29) is 30.4 Å². The topological polar surface area (TPSA) is 85.4 Å². The summed E-state index contributed by atoms with van der Waals surface area (Å²) >= 11 is 0. The molecule has 1 aliphatic heterocycles. The molecule has 48 heavy (non-hydrogen) atoms. The third-order valence-corrected chi connectivity index (χ3v) is 11.3. The minimum atomic E-state index is -3.39. The minimum Gasteiger partial charge on any atom is -0.492 e. The highest BCUT2D eigenvalue weighted by molar-refractivity contribution is 7.89. The molecule has 4 atom stereocenters. The molecule has 9 heteroatoms. The van der Waals surface area contributed by atoms with Crippen molar-refractivity contribution < 1.29 is 27.4 Å². The van der Waals surface area contributed by atoms with Gasteiger partial charge in [0.2, 0.25) is 10.0 Å². The highest BCUT2D eigenvalue weighted by atomic mass is 32.2. The van der Waals surface area contributed by atoms with Gasteiger partial charge in [-0.15, -0.1) is 0 Å². The Morgan fingerprint density at radius 3 is 2.15 bits per heavy atom. The fourth-order valence-electron chi connectivity index (χ4n) is 6.69. The summed E-state index contributed by atoms with van der Waals surface area (Å²) < 4.78 is 46.2. The van der Waals surface area contributed by atoms with Gasteiger partial charge >= 0.3 is 5.97 Å². The first kappa shape index (κ1) is 35.9. The number of hydrogen-bond donors (Lipinski definition) is 0. The lowest BCUT2D eigenvalue weighted by atomic mass is 9.87. The lowest BCUT2D eigenvalue weighted by Crippen LogP contribution is -2.42. The zero-order chi connectivity index (χ0) is 34.3. The van der Waals surface area contributed by atoms with E-state index in [1.54, 1.807) is 11.2 Å². The third-order valence-electron chi connectivity index (χ3n) is 9.39. The number of likely N-dealkylation sites (tertiary alicyclic amines) is 1. The van der Waals surface area contributed by atoms with Crippen LogP contribution in [0.15, 0.2) is 78.9 Å². The van der Waals surface area contributed by atoms with Crippen molar-refractivity contribution >= 4 is 16.0 Å². The van der Waals surface area contributed by atoms with Crippen LogP contribution < -0.4 is 9.47 Å². The molecular formula is C39H52N2O6S. The van der Waals surface area contributed by atoms with Crippen molar-refractivity contribution in [2.24, 2.45) is 11.8 Å². The second kappa shape index (κ2) is 15.9. The quantitative estimate of drug-likeness (QED) is 0.151. The van der Waals surface area contributed by atoms with Crippen molar-refractivity contribution in [3.05, 3.63) is 95.6 Å². The molecule has 3 aromatic carbocycles. The molecule has 260 valence electrons. The van der Waals surface area contributed by atoms with Crippen LogP contribution in [0.4, 0.5) is 0 Å². The summed E-state index contributed by atoms with van der Waals surface area (Å²) in [7, 11) is -3.39. The number of nitrogens with zero attached hydrogens (tertiary/aromatic N) is 2. The summed E-state index contributed by atoms with van der Waals surface area (Å²) in [6.45, 7) is 13.9. The number of rotatable bonds is 17. The van der Waals surface area contributed by atoms with Gasteiger partial charge in [-0.2, -0.15) is 4.31 Å². The predicted octanol–water partition coefficient (Wildman–Crippen LogP) is 6.48. The van der Waals surface area contributed by atoms with Crippen molar-refractivity contribution in [3.63, 3.8) is 0 Å². The molecule has 0 spiro atoms. The molecule has 1 unspecified atom stereocenters. The molecule has 3 aromatic rings. The second-order valence-electron chi connectivity index (χ2n) is 14.1. The van der Waals surface area contributed by atoms with Gasteiger partial charge in [0.15, 0.2) is 6.10 Å². The highest BCUT2D eigenvalue weighted by Gasteiger charge is 2.60. The average molecular weight is 677 g/mol. The molecule has 0 amide bonds. The normalized spacial score (nSPS) is 19.9. The van der Waals surface area contributed by atoms with Crippen LogP contribution in [0.3, 0.4) is 0 Å². The Balaban J connectivity index is 1.16. The van der Waals surface area contributed by atoms with E-state index in [1.807, 2.05) is 61.5 Å². The maximum absolute atomic E-state index is 13.5. The number of benzene rings is 3. The van der Waals surface area contributed by atoms with E-state index >= 15 is 0 Å². The summed E-state index contributed by atoms with van der Waals surface area (Å²) in [5.74, 6) is 1.77. The standard InChI is InChI=1S/C39H52N2O6S/c1-6-8-24-48(43,44)41(37-34-27-40(28-35(34)37)26-30-12-10-9-11-13-30)22-23-46-32-18-14-29(15-19-32)25-36(38(42)45-7-2)47-33-20-16-31(17-21-33)39(3,4)5/h9-21,34-37H,6-8,22-28H2,1-5H3/t34-,35+,36-,37?/m0/s1. The van der Waals surface area contributed by atoms with Gasteiger partial charge in [0.25, 0.3) is 0 Å². The maximum atomic E-state index is 13.5. The van der Waals surface area contributed by atoms with E-state index in [1.165, 1.54) is 11.1 Å². The first-order valence-corrected chi connectivity index (χ1v) is 19.0. The van der Waals surface area contributed by atoms with E-state index in [4.69, 9.17) is 14.2 Å². The van der Waals surface area contributed by atoms with Crippen LogP contribution in [0.5, 0.6) is 11.5 Å². The van der Waals surface area contributed by atoms with Gasteiger partial charge < -0.3 is 14.2 Å². The van der Waals surface area contributed by atoms with Gasteiger partial charge in [-0.1, -0.05) is 88.7 Å². The van der Waals surface area contributed by atoms with Crippen LogP contribution in [-0.4, -0.2) is 74.3 Å². The number of fused-ring (bicyclic) bond motifs is 1. The van der Waals surface area contributed by atoms with Gasteiger partial charge in [-0.05, 0) is 71.6 Å². The van der Waals surface area contributed by atoms with Crippen molar-refractivity contribution in [2.45, 2.75) is 78.0 Å². The van der Waals surface area contributed by atoms with Crippen molar-refractivity contribution in [1.29, 1.82) is 0 Å². The van der Waals surface area contributed by atoms with Crippen LogP contribution >= 0.6 is 0 Å². The lowest BCUT2D eigenvalue weighted by molar-refractivity contribution is -0.151. The molecule has 2 aliphatic rings. The zero-order valence-corrected chi connectivity index (χ0v) is 30.0. The Labute approximate surface area is 287 Å². The summed E-state index contributed by atoms with van der Waals surface area (Å²) in [6, 6.07) is 25.9. The molecule has 0 aromatic heterocycles. The number of esters is 1. The fourth-order valence-corrected chi connectivity index (χ4v) is 8.62. The lowest BCUT2D eigenvalue weighted by Gasteiger charge is -2.27. The monoisotopic (exact) mass is 676 g/mol. The van der Waals surface area contributed by atoms with E-state index in [9.17, 15) is 13.2 Å². The van der Waals surface area contributed by atoms with Crippen LogP contribution in [0.25, 0.3) is 0 Å². The van der Waals surface area contributed by atoms with Crippen molar-refractivity contribution in [3.8, 4) is 11.5 Å². The maximum Gasteiger partial charge on any atom is 0.347 e. The molecule has 2 fully saturated rings. The zero-order valence-electron chi connectivity index (χ0n) is 29.1. The van der Waals surface area contributed by atoms with E-state index in [2.05, 4.69) is 49.9 Å². The molecule has 0 bridgehead atoms. The van der Waals surface area contributed by atoms with Crippen LogP contribution in [0.1, 0.15) is 64.2 Å². The number of carbonyl (C=O) groups excluding carboxylic acids is 1. The molecule has 1 heterocycles. The Morgan fingerprint density at radius 1 is 0.896 bits per heavy atom.